The third kappa shape index (κ3) is 3.45. The Labute approximate surface area is 179 Å². The summed E-state index contributed by atoms with van der Waals surface area (Å²) >= 11 is 0. The van der Waals surface area contributed by atoms with Gasteiger partial charge in [0, 0.05) is 0 Å². The molecule has 5 aromatic carbocycles. The van der Waals surface area contributed by atoms with Crippen LogP contribution in [0.4, 0.5) is 0 Å². The van der Waals surface area contributed by atoms with E-state index < -0.39 is 7.26 Å². The van der Waals surface area contributed by atoms with E-state index in [9.17, 15) is 0 Å². The first-order valence-corrected chi connectivity index (χ1v) is 12.7. The van der Waals surface area contributed by atoms with Gasteiger partial charge in [0.25, 0.3) is 0 Å². The Balaban J connectivity index is 1.76. The fourth-order valence-electron chi connectivity index (χ4n) is 4.63. The van der Waals surface area contributed by atoms with Gasteiger partial charge in [-0.25, -0.2) is 0 Å². The Morgan fingerprint density at radius 3 is 1.33 bits per heavy atom. The fourth-order valence-corrected chi connectivity index (χ4v) is 9.36. The van der Waals surface area contributed by atoms with Crippen LogP contribution in [0.3, 0.4) is 0 Å². The minimum absolute atomic E-state index is 1.04. The normalized spacial score (nSPS) is 12.0. The van der Waals surface area contributed by atoms with Gasteiger partial charge < -0.3 is 0 Å². The van der Waals surface area contributed by atoms with Gasteiger partial charge in [0.15, 0.2) is 0 Å². The molecule has 5 aromatic rings. The van der Waals surface area contributed by atoms with E-state index in [1.54, 1.807) is 0 Å². The van der Waals surface area contributed by atoms with Crippen LogP contribution in [0.25, 0.3) is 10.8 Å². The third-order valence-corrected chi connectivity index (χ3v) is 11.0. The van der Waals surface area contributed by atoms with Gasteiger partial charge in [-0.2, -0.15) is 0 Å². The summed E-state index contributed by atoms with van der Waals surface area (Å²) in [6.07, 6.45) is 1.04. The van der Waals surface area contributed by atoms with Gasteiger partial charge in [-0.05, 0) is 0 Å². The second-order valence-electron chi connectivity index (χ2n) is 7.86. The molecule has 0 fully saturated rings. The summed E-state index contributed by atoms with van der Waals surface area (Å²) in [5, 5.41) is 6.97. The molecule has 0 spiro atoms. The van der Waals surface area contributed by atoms with Crippen molar-refractivity contribution in [3.05, 3.63) is 139 Å². The Kier molecular flexibility index (Phi) is 5.18. The molecule has 146 valence electrons. The van der Waals surface area contributed by atoms with Gasteiger partial charge in [-0.1, -0.05) is 0 Å². The van der Waals surface area contributed by atoms with E-state index in [-0.39, 0.29) is 0 Å². The first kappa shape index (κ1) is 18.8. The average molecular weight is 404 g/mol. The zero-order valence-corrected chi connectivity index (χ0v) is 17.9. The maximum absolute atomic E-state index is 2.38. The fraction of sp³-hybridized carbons (Fsp3) is 0.0345. The molecular weight excluding hydrogens is 379 g/mol. The summed E-state index contributed by atoms with van der Waals surface area (Å²) in [4.78, 5) is 0. The van der Waals surface area contributed by atoms with Crippen LogP contribution in [0.2, 0.25) is 0 Å². The molecule has 5 rings (SSSR count). The molecule has 1 heteroatoms. The van der Waals surface area contributed by atoms with Crippen molar-refractivity contribution < 1.29 is 0 Å². The first-order valence-electron chi connectivity index (χ1n) is 10.5. The topological polar surface area (TPSA) is 0 Å². The van der Waals surface area contributed by atoms with Crippen molar-refractivity contribution in [2.24, 2.45) is 0 Å². The molecule has 0 heterocycles. The summed E-state index contributed by atoms with van der Waals surface area (Å²) in [5.74, 6) is 0. The van der Waals surface area contributed by atoms with Crippen molar-refractivity contribution in [3.63, 3.8) is 0 Å². The summed E-state index contributed by atoms with van der Waals surface area (Å²) in [7, 11) is -2.25. The predicted octanol–water partition coefficient (Wildman–Crippen LogP) is 6.07. The van der Waals surface area contributed by atoms with Gasteiger partial charge in [0.2, 0.25) is 0 Å². The molecule has 0 bridgehead atoms. The molecule has 0 saturated carbocycles. The van der Waals surface area contributed by atoms with Gasteiger partial charge in [-0.3, -0.25) is 0 Å². The molecule has 0 unspecified atom stereocenters. The molecule has 0 aliphatic heterocycles. The number of fused-ring (bicyclic) bond motifs is 1. The van der Waals surface area contributed by atoms with E-state index >= 15 is 0 Å². The minimum atomic E-state index is -2.25. The zero-order valence-electron chi connectivity index (χ0n) is 16.9. The number of rotatable bonds is 5. The van der Waals surface area contributed by atoms with E-state index in [0.717, 1.165) is 6.16 Å². The van der Waals surface area contributed by atoms with E-state index in [0.29, 0.717) is 0 Å². The van der Waals surface area contributed by atoms with Gasteiger partial charge in [0.1, 0.15) is 0 Å². The molecule has 0 amide bonds. The second kappa shape index (κ2) is 8.27. The molecule has 0 radical (unpaired) electrons. The molecule has 0 aliphatic carbocycles. The van der Waals surface area contributed by atoms with Crippen molar-refractivity contribution in [3.8, 4) is 0 Å². The second-order valence-corrected chi connectivity index (χ2v) is 11.8. The van der Waals surface area contributed by atoms with Crippen LogP contribution in [0, 0.1) is 0 Å². The van der Waals surface area contributed by atoms with Gasteiger partial charge in [-0.15, -0.1) is 0 Å². The molecule has 0 N–H and O–H groups in total. The van der Waals surface area contributed by atoms with Crippen molar-refractivity contribution in [1.29, 1.82) is 0 Å². The van der Waals surface area contributed by atoms with Crippen molar-refractivity contribution in [2.75, 3.05) is 0 Å². The average Bonchev–Trinajstić information content (AvgIpc) is 2.84. The summed E-state index contributed by atoms with van der Waals surface area (Å²) in [5.41, 5.74) is 1.40. The number of benzene rings is 5. The summed E-state index contributed by atoms with van der Waals surface area (Å²) < 4.78 is 0. The van der Waals surface area contributed by atoms with Gasteiger partial charge in [0.05, 0.1) is 0 Å². The zero-order chi connectivity index (χ0) is 20.2. The number of hydrogen-bond acceptors (Lipinski definition) is 0. The van der Waals surface area contributed by atoms with Crippen molar-refractivity contribution in [1.82, 2.24) is 0 Å². The van der Waals surface area contributed by atoms with Crippen molar-refractivity contribution in [2.45, 2.75) is 6.16 Å². The summed E-state index contributed by atoms with van der Waals surface area (Å²) in [6.45, 7) is 0. The van der Waals surface area contributed by atoms with Crippen LogP contribution >= 0.6 is 7.26 Å². The molecule has 0 atom stereocenters. The Morgan fingerprint density at radius 1 is 0.400 bits per heavy atom. The quantitative estimate of drug-likeness (QED) is 0.312. The van der Waals surface area contributed by atoms with Crippen LogP contribution in [-0.2, 0) is 6.16 Å². The molecule has 30 heavy (non-hydrogen) atoms. The molecule has 0 aliphatic rings. The van der Waals surface area contributed by atoms with Crippen LogP contribution in [0.1, 0.15) is 5.56 Å². The SMILES string of the molecule is c1ccc([PH](Cc2ccc3ccccc3c2)(c2ccccc2)c2ccccc2)cc1. The van der Waals surface area contributed by atoms with E-state index in [1.165, 1.54) is 32.2 Å². The van der Waals surface area contributed by atoms with Gasteiger partial charge >= 0.3 is 179 Å². The maximum atomic E-state index is 2.38. The Bertz CT molecular complexity index is 1150. The predicted molar refractivity (Wildman–Crippen MR) is 134 cm³/mol. The molecule has 0 nitrogen and oxygen atoms in total. The van der Waals surface area contributed by atoms with Crippen LogP contribution in [-0.4, -0.2) is 0 Å². The van der Waals surface area contributed by atoms with E-state index in [1.807, 2.05) is 0 Å². The van der Waals surface area contributed by atoms with Crippen LogP contribution in [0.15, 0.2) is 133 Å². The van der Waals surface area contributed by atoms with E-state index in [2.05, 4.69) is 133 Å². The molecule has 0 saturated heterocycles. The third-order valence-electron chi connectivity index (χ3n) is 6.08. The van der Waals surface area contributed by atoms with Crippen LogP contribution in [0.5, 0.6) is 0 Å². The first-order chi connectivity index (χ1) is 14.9. The Hall–Kier alpha value is -3.21. The standard InChI is InChI=1S/C29H25P/c1-4-14-27(15-5-1)30(28-16-6-2-7-17-28,29-18-8-3-9-19-29)23-24-20-21-25-12-10-11-13-26(25)22-24/h1-22,30H,23H2. The molecule has 0 aromatic heterocycles. The Morgan fingerprint density at radius 2 is 0.833 bits per heavy atom. The molecular formula is C29H25P. The van der Waals surface area contributed by atoms with Crippen LogP contribution < -0.4 is 15.9 Å². The summed E-state index contributed by atoms with van der Waals surface area (Å²) in [6, 6.07) is 49.0. The van der Waals surface area contributed by atoms with E-state index in [4.69, 9.17) is 0 Å². The number of hydrogen-bond donors (Lipinski definition) is 0. The van der Waals surface area contributed by atoms with Crippen molar-refractivity contribution >= 4 is 33.9 Å². The monoisotopic (exact) mass is 404 g/mol.